The van der Waals surface area contributed by atoms with Crippen molar-refractivity contribution >= 4 is 29.0 Å². The Morgan fingerprint density at radius 3 is 2.59 bits per heavy atom. The maximum Gasteiger partial charge on any atom is 0.133 e. The maximum atomic E-state index is 6.12. The van der Waals surface area contributed by atoms with E-state index in [2.05, 4.69) is 5.32 Å². The van der Waals surface area contributed by atoms with Crippen molar-refractivity contribution in [3.8, 4) is 16.9 Å². The van der Waals surface area contributed by atoms with E-state index >= 15 is 0 Å². The van der Waals surface area contributed by atoms with Gasteiger partial charge in [0.05, 0.1) is 11.4 Å². The molecule has 0 bridgehead atoms. The molecule has 3 nitrogen and oxygen atoms in total. The summed E-state index contributed by atoms with van der Waals surface area (Å²) in [6.07, 6.45) is 0.963. The van der Waals surface area contributed by atoms with E-state index in [9.17, 15) is 0 Å². The SMILES string of the molecule is Clc1ccc(-n2nc(-c3cccc(Cl)c3)c3c2NCC3)cc1. The van der Waals surface area contributed by atoms with Gasteiger partial charge in [-0.3, -0.25) is 0 Å². The van der Waals surface area contributed by atoms with E-state index in [0.29, 0.717) is 0 Å². The zero-order valence-corrected chi connectivity index (χ0v) is 13.2. The molecule has 2 heterocycles. The van der Waals surface area contributed by atoms with Crippen LogP contribution in [-0.4, -0.2) is 16.3 Å². The van der Waals surface area contributed by atoms with Crippen LogP contribution in [0.1, 0.15) is 5.56 Å². The van der Waals surface area contributed by atoms with E-state index < -0.39 is 0 Å². The van der Waals surface area contributed by atoms with Crippen molar-refractivity contribution in [3.63, 3.8) is 0 Å². The maximum absolute atomic E-state index is 6.12. The van der Waals surface area contributed by atoms with Crippen LogP contribution in [0.3, 0.4) is 0 Å². The van der Waals surface area contributed by atoms with Crippen molar-refractivity contribution in [2.24, 2.45) is 0 Å². The van der Waals surface area contributed by atoms with Crippen molar-refractivity contribution in [1.29, 1.82) is 0 Å². The molecule has 1 aromatic heterocycles. The van der Waals surface area contributed by atoms with Crippen LogP contribution in [0.15, 0.2) is 48.5 Å². The van der Waals surface area contributed by atoms with E-state index in [1.54, 1.807) is 0 Å². The van der Waals surface area contributed by atoms with Crippen molar-refractivity contribution < 1.29 is 0 Å². The van der Waals surface area contributed by atoms with Crippen LogP contribution >= 0.6 is 23.2 Å². The van der Waals surface area contributed by atoms with Gasteiger partial charge in [-0.05, 0) is 42.8 Å². The largest absolute Gasteiger partial charge is 0.369 e. The topological polar surface area (TPSA) is 29.9 Å². The van der Waals surface area contributed by atoms with Crippen molar-refractivity contribution in [2.45, 2.75) is 6.42 Å². The predicted octanol–water partition coefficient (Wildman–Crippen LogP) is 4.81. The molecule has 0 saturated heterocycles. The summed E-state index contributed by atoms with van der Waals surface area (Å²) in [6, 6.07) is 15.5. The third-order valence-electron chi connectivity index (χ3n) is 3.82. The van der Waals surface area contributed by atoms with Gasteiger partial charge in [-0.1, -0.05) is 35.3 Å². The molecule has 0 aliphatic carbocycles. The summed E-state index contributed by atoms with van der Waals surface area (Å²) in [6.45, 7) is 0.925. The molecule has 0 fully saturated rings. The lowest BCUT2D eigenvalue weighted by molar-refractivity contribution is 0.882. The summed E-state index contributed by atoms with van der Waals surface area (Å²) in [5.41, 5.74) is 4.25. The van der Waals surface area contributed by atoms with E-state index in [1.165, 1.54) is 5.56 Å². The van der Waals surface area contributed by atoms with Crippen LogP contribution in [0.25, 0.3) is 16.9 Å². The molecule has 0 unspecified atom stereocenters. The second-order valence-electron chi connectivity index (χ2n) is 5.25. The molecule has 1 aliphatic heterocycles. The highest BCUT2D eigenvalue weighted by atomic mass is 35.5. The minimum Gasteiger partial charge on any atom is -0.369 e. The number of nitrogens with zero attached hydrogens (tertiary/aromatic N) is 2. The lowest BCUT2D eigenvalue weighted by Gasteiger charge is -2.06. The Labute approximate surface area is 138 Å². The van der Waals surface area contributed by atoms with Gasteiger partial charge in [0, 0.05) is 27.7 Å². The zero-order valence-electron chi connectivity index (χ0n) is 11.7. The van der Waals surface area contributed by atoms with Crippen molar-refractivity contribution in [3.05, 3.63) is 64.1 Å². The molecule has 110 valence electrons. The molecule has 0 amide bonds. The highest BCUT2D eigenvalue weighted by molar-refractivity contribution is 6.31. The van der Waals surface area contributed by atoms with Crippen LogP contribution in [0.5, 0.6) is 0 Å². The van der Waals surface area contributed by atoms with Gasteiger partial charge < -0.3 is 5.32 Å². The summed E-state index contributed by atoms with van der Waals surface area (Å²) >= 11 is 12.1. The number of halogens is 2. The van der Waals surface area contributed by atoms with Gasteiger partial charge in [-0.15, -0.1) is 0 Å². The number of rotatable bonds is 2. The minimum absolute atomic E-state index is 0.718. The van der Waals surface area contributed by atoms with Crippen LogP contribution in [0.2, 0.25) is 10.0 Å². The van der Waals surface area contributed by atoms with E-state index in [-0.39, 0.29) is 0 Å². The summed E-state index contributed by atoms with van der Waals surface area (Å²) in [5, 5.41) is 9.66. The van der Waals surface area contributed by atoms with Crippen LogP contribution in [-0.2, 0) is 6.42 Å². The smallest absolute Gasteiger partial charge is 0.133 e. The number of fused-ring (bicyclic) bond motifs is 1. The molecular weight excluding hydrogens is 317 g/mol. The average Bonchev–Trinajstić information content (AvgIpc) is 3.10. The van der Waals surface area contributed by atoms with Gasteiger partial charge in [0.15, 0.2) is 0 Å². The molecule has 3 aromatic rings. The standard InChI is InChI=1S/C17H13Cl2N3/c18-12-4-6-14(7-5-12)22-17-15(8-9-20-17)16(21-22)11-2-1-3-13(19)10-11/h1-7,10,20H,8-9H2. The molecular formula is C17H13Cl2N3. The average molecular weight is 330 g/mol. The first kappa shape index (κ1) is 13.7. The van der Waals surface area contributed by atoms with Gasteiger partial charge in [0.1, 0.15) is 5.82 Å². The quantitative estimate of drug-likeness (QED) is 0.730. The summed E-state index contributed by atoms with van der Waals surface area (Å²) in [4.78, 5) is 0. The Morgan fingerprint density at radius 1 is 1.00 bits per heavy atom. The Hall–Kier alpha value is -1.97. The first-order valence-electron chi connectivity index (χ1n) is 7.10. The molecule has 2 aromatic carbocycles. The predicted molar refractivity (Wildman–Crippen MR) is 91.2 cm³/mol. The third-order valence-corrected chi connectivity index (χ3v) is 4.31. The lowest BCUT2D eigenvalue weighted by atomic mass is 10.1. The highest BCUT2D eigenvalue weighted by Crippen LogP contribution is 2.35. The molecule has 22 heavy (non-hydrogen) atoms. The monoisotopic (exact) mass is 329 g/mol. The summed E-state index contributed by atoms with van der Waals surface area (Å²) in [7, 11) is 0. The van der Waals surface area contributed by atoms with Gasteiger partial charge in [-0.2, -0.15) is 5.10 Å². The molecule has 4 rings (SSSR count). The Kier molecular flexibility index (Phi) is 3.32. The van der Waals surface area contributed by atoms with Gasteiger partial charge in [0.2, 0.25) is 0 Å². The van der Waals surface area contributed by atoms with E-state index in [0.717, 1.165) is 45.8 Å². The molecule has 0 radical (unpaired) electrons. The number of hydrogen-bond acceptors (Lipinski definition) is 2. The lowest BCUT2D eigenvalue weighted by Crippen LogP contribution is -2.04. The second-order valence-corrected chi connectivity index (χ2v) is 6.12. The van der Waals surface area contributed by atoms with Crippen LogP contribution in [0.4, 0.5) is 5.82 Å². The first-order valence-corrected chi connectivity index (χ1v) is 7.85. The Morgan fingerprint density at radius 2 is 1.82 bits per heavy atom. The van der Waals surface area contributed by atoms with E-state index in [4.69, 9.17) is 28.3 Å². The zero-order chi connectivity index (χ0) is 15.1. The van der Waals surface area contributed by atoms with Crippen LogP contribution < -0.4 is 5.32 Å². The Bertz CT molecular complexity index is 838. The summed E-state index contributed by atoms with van der Waals surface area (Å²) < 4.78 is 1.94. The van der Waals surface area contributed by atoms with Crippen molar-refractivity contribution in [2.75, 3.05) is 11.9 Å². The Balaban J connectivity index is 1.88. The molecule has 5 heteroatoms. The number of benzene rings is 2. The fraction of sp³-hybridized carbons (Fsp3) is 0.118. The fourth-order valence-electron chi connectivity index (χ4n) is 2.81. The number of nitrogens with one attached hydrogen (secondary N) is 1. The molecule has 0 spiro atoms. The molecule has 1 N–H and O–H groups in total. The molecule has 1 aliphatic rings. The number of aromatic nitrogens is 2. The van der Waals surface area contributed by atoms with Gasteiger partial charge >= 0.3 is 0 Å². The van der Waals surface area contributed by atoms with Gasteiger partial charge in [0.25, 0.3) is 0 Å². The van der Waals surface area contributed by atoms with Gasteiger partial charge in [-0.25, -0.2) is 4.68 Å². The third kappa shape index (κ3) is 2.27. The fourth-order valence-corrected chi connectivity index (χ4v) is 3.13. The molecule has 0 saturated carbocycles. The molecule has 0 atom stereocenters. The minimum atomic E-state index is 0.718. The van der Waals surface area contributed by atoms with E-state index in [1.807, 2.05) is 53.2 Å². The second kappa shape index (κ2) is 5.34. The number of anilines is 1. The normalized spacial score (nSPS) is 13.0. The summed E-state index contributed by atoms with van der Waals surface area (Å²) in [5.74, 6) is 1.05. The number of hydrogen-bond donors (Lipinski definition) is 1. The van der Waals surface area contributed by atoms with Crippen molar-refractivity contribution in [1.82, 2.24) is 9.78 Å². The first-order chi connectivity index (χ1) is 10.7. The highest BCUT2D eigenvalue weighted by Gasteiger charge is 2.23. The van der Waals surface area contributed by atoms with Crippen LogP contribution in [0, 0.1) is 0 Å².